The van der Waals surface area contributed by atoms with Crippen LogP contribution in [0.1, 0.15) is 78.6 Å². The van der Waals surface area contributed by atoms with Crippen LogP contribution in [0.4, 0.5) is 0 Å². The lowest BCUT2D eigenvalue weighted by atomic mass is 9.76. The van der Waals surface area contributed by atoms with Gasteiger partial charge in [0.1, 0.15) is 0 Å². The minimum Gasteiger partial charge on any atom is -0.356 e. The van der Waals surface area contributed by atoms with Gasteiger partial charge < -0.3 is 10.6 Å². The highest BCUT2D eigenvalue weighted by atomic mass is 16.2. The fourth-order valence-electron chi connectivity index (χ4n) is 3.39. The molecule has 1 fully saturated rings. The largest absolute Gasteiger partial charge is 0.356 e. The van der Waals surface area contributed by atoms with Crippen LogP contribution in [-0.4, -0.2) is 25.5 Å². The summed E-state index contributed by atoms with van der Waals surface area (Å²) >= 11 is 0. The van der Waals surface area contributed by atoms with E-state index < -0.39 is 0 Å². The number of carbonyl (C=O) groups excluding carboxylic acids is 1. The van der Waals surface area contributed by atoms with Crippen LogP contribution in [0.15, 0.2) is 0 Å². The van der Waals surface area contributed by atoms with E-state index in [1.807, 2.05) is 0 Å². The Kier molecular flexibility index (Phi) is 8.98. The number of unbranched alkanes of at least 4 members (excludes halogenated alkanes) is 3. The predicted octanol–water partition coefficient (Wildman–Crippen LogP) is 3.88. The van der Waals surface area contributed by atoms with Gasteiger partial charge in [-0.1, -0.05) is 52.9 Å². The summed E-state index contributed by atoms with van der Waals surface area (Å²) in [5.41, 5.74) is -0.134. The van der Waals surface area contributed by atoms with E-state index in [2.05, 4.69) is 31.4 Å². The van der Waals surface area contributed by atoms with Gasteiger partial charge in [-0.2, -0.15) is 0 Å². The Morgan fingerprint density at radius 3 is 2.62 bits per heavy atom. The maximum absolute atomic E-state index is 12.5. The van der Waals surface area contributed by atoms with Crippen molar-refractivity contribution in [1.29, 1.82) is 0 Å². The van der Waals surface area contributed by atoms with Crippen LogP contribution < -0.4 is 10.6 Å². The molecule has 0 radical (unpaired) electrons. The molecule has 3 heteroatoms. The highest BCUT2D eigenvalue weighted by molar-refractivity contribution is 5.83. The molecule has 1 unspecified atom stereocenters. The summed E-state index contributed by atoms with van der Waals surface area (Å²) in [6.07, 6.45) is 10.6. The maximum atomic E-state index is 12.5. The molecule has 0 aromatic heterocycles. The van der Waals surface area contributed by atoms with Crippen molar-refractivity contribution in [3.05, 3.63) is 0 Å². The van der Waals surface area contributed by atoms with Crippen molar-refractivity contribution >= 4 is 5.91 Å². The van der Waals surface area contributed by atoms with Gasteiger partial charge in [0.25, 0.3) is 0 Å². The predicted molar refractivity (Wildman–Crippen MR) is 90.4 cm³/mol. The van der Waals surface area contributed by atoms with E-state index in [9.17, 15) is 4.79 Å². The smallest absolute Gasteiger partial charge is 0.227 e. The zero-order valence-electron chi connectivity index (χ0n) is 14.5. The molecule has 3 nitrogen and oxygen atoms in total. The monoisotopic (exact) mass is 296 g/mol. The van der Waals surface area contributed by atoms with E-state index in [4.69, 9.17) is 0 Å². The van der Waals surface area contributed by atoms with Gasteiger partial charge in [-0.25, -0.2) is 0 Å². The molecule has 0 aromatic rings. The van der Waals surface area contributed by atoms with E-state index in [1.165, 1.54) is 25.7 Å². The Morgan fingerprint density at radius 1 is 1.24 bits per heavy atom. The Morgan fingerprint density at radius 2 is 2.00 bits per heavy atom. The first kappa shape index (κ1) is 18.5. The molecule has 1 aliphatic heterocycles. The first-order chi connectivity index (χ1) is 10.1. The van der Waals surface area contributed by atoms with E-state index in [1.54, 1.807) is 0 Å². The SMILES string of the molecule is CCCC1(C(=O)NCCCCCCC(C)C)CCCNC1. The van der Waals surface area contributed by atoms with Crippen molar-refractivity contribution in [3.8, 4) is 0 Å². The third kappa shape index (κ3) is 6.82. The van der Waals surface area contributed by atoms with E-state index >= 15 is 0 Å². The molecule has 1 aliphatic rings. The second-order valence-corrected chi connectivity index (χ2v) is 7.16. The molecular weight excluding hydrogens is 260 g/mol. The number of rotatable bonds is 10. The van der Waals surface area contributed by atoms with Crippen LogP contribution in [-0.2, 0) is 4.79 Å². The summed E-state index contributed by atoms with van der Waals surface area (Å²) in [6.45, 7) is 9.53. The van der Waals surface area contributed by atoms with Crippen molar-refractivity contribution in [2.24, 2.45) is 11.3 Å². The molecule has 124 valence electrons. The Bertz CT molecular complexity index is 277. The number of hydrogen-bond acceptors (Lipinski definition) is 2. The molecule has 0 spiro atoms. The Labute approximate surface area is 131 Å². The first-order valence-electron chi connectivity index (χ1n) is 9.10. The standard InChI is InChI=1S/C18H36N2O/c1-4-11-18(12-9-13-19-15-18)17(21)20-14-8-6-5-7-10-16(2)3/h16,19H,4-15H2,1-3H3,(H,20,21). The van der Waals surface area contributed by atoms with Crippen LogP contribution in [0.3, 0.4) is 0 Å². The molecule has 0 bridgehead atoms. The van der Waals surface area contributed by atoms with E-state index in [0.29, 0.717) is 5.91 Å². The highest BCUT2D eigenvalue weighted by Crippen LogP contribution is 2.31. The van der Waals surface area contributed by atoms with Crippen molar-refractivity contribution < 1.29 is 4.79 Å². The van der Waals surface area contributed by atoms with Gasteiger partial charge in [0.15, 0.2) is 0 Å². The topological polar surface area (TPSA) is 41.1 Å². The number of piperidine rings is 1. The second-order valence-electron chi connectivity index (χ2n) is 7.16. The molecule has 2 N–H and O–H groups in total. The summed E-state index contributed by atoms with van der Waals surface area (Å²) in [5, 5.41) is 6.61. The third-order valence-electron chi connectivity index (χ3n) is 4.68. The average Bonchev–Trinajstić information content (AvgIpc) is 2.47. The van der Waals surface area contributed by atoms with Gasteiger partial charge in [0.05, 0.1) is 5.41 Å². The van der Waals surface area contributed by atoms with Crippen LogP contribution in [0.2, 0.25) is 0 Å². The van der Waals surface area contributed by atoms with Gasteiger partial charge in [0.2, 0.25) is 5.91 Å². The molecule has 1 heterocycles. The molecule has 1 rings (SSSR count). The van der Waals surface area contributed by atoms with Crippen LogP contribution in [0.5, 0.6) is 0 Å². The molecule has 0 aromatic carbocycles. The van der Waals surface area contributed by atoms with Crippen molar-refractivity contribution in [2.45, 2.75) is 78.6 Å². The average molecular weight is 296 g/mol. The minimum atomic E-state index is -0.134. The van der Waals surface area contributed by atoms with Gasteiger partial charge >= 0.3 is 0 Å². The summed E-state index contributed by atoms with van der Waals surface area (Å²) in [4.78, 5) is 12.5. The van der Waals surface area contributed by atoms with Gasteiger partial charge in [-0.05, 0) is 38.1 Å². The lowest BCUT2D eigenvalue weighted by molar-refractivity contribution is -0.132. The molecule has 0 saturated carbocycles. The van der Waals surface area contributed by atoms with Crippen molar-refractivity contribution in [3.63, 3.8) is 0 Å². The number of carbonyl (C=O) groups is 1. The number of hydrogen-bond donors (Lipinski definition) is 2. The summed E-state index contributed by atoms with van der Waals surface area (Å²) in [7, 11) is 0. The van der Waals surface area contributed by atoms with E-state index in [-0.39, 0.29) is 5.41 Å². The molecule has 1 amide bonds. The molecule has 21 heavy (non-hydrogen) atoms. The zero-order valence-corrected chi connectivity index (χ0v) is 14.5. The summed E-state index contributed by atoms with van der Waals surface area (Å²) < 4.78 is 0. The highest BCUT2D eigenvalue weighted by Gasteiger charge is 2.38. The first-order valence-corrected chi connectivity index (χ1v) is 9.10. The normalized spacial score (nSPS) is 22.5. The summed E-state index contributed by atoms with van der Waals surface area (Å²) in [5.74, 6) is 1.11. The third-order valence-corrected chi connectivity index (χ3v) is 4.68. The number of amides is 1. The fraction of sp³-hybridized carbons (Fsp3) is 0.944. The van der Waals surface area contributed by atoms with E-state index in [0.717, 1.165) is 57.7 Å². The minimum absolute atomic E-state index is 0.134. The molecule has 0 aliphatic carbocycles. The quantitative estimate of drug-likeness (QED) is 0.601. The Hall–Kier alpha value is -0.570. The van der Waals surface area contributed by atoms with Gasteiger partial charge in [0, 0.05) is 13.1 Å². The van der Waals surface area contributed by atoms with Crippen LogP contribution >= 0.6 is 0 Å². The lowest BCUT2D eigenvalue weighted by Crippen LogP contribution is -2.50. The maximum Gasteiger partial charge on any atom is 0.227 e. The molecule has 1 atom stereocenters. The fourth-order valence-corrected chi connectivity index (χ4v) is 3.39. The van der Waals surface area contributed by atoms with Crippen molar-refractivity contribution in [2.75, 3.05) is 19.6 Å². The van der Waals surface area contributed by atoms with Gasteiger partial charge in [-0.15, -0.1) is 0 Å². The Balaban J connectivity index is 2.19. The summed E-state index contributed by atoms with van der Waals surface area (Å²) in [6, 6.07) is 0. The van der Waals surface area contributed by atoms with Crippen LogP contribution in [0.25, 0.3) is 0 Å². The van der Waals surface area contributed by atoms with Crippen LogP contribution in [0, 0.1) is 11.3 Å². The second kappa shape index (κ2) is 10.2. The zero-order chi connectivity index (χ0) is 15.6. The molecule has 1 saturated heterocycles. The number of nitrogens with one attached hydrogen (secondary N) is 2. The molecular formula is C18H36N2O. The van der Waals surface area contributed by atoms with Crippen molar-refractivity contribution in [1.82, 2.24) is 10.6 Å². The lowest BCUT2D eigenvalue weighted by Gasteiger charge is -2.36. The van der Waals surface area contributed by atoms with Gasteiger partial charge in [-0.3, -0.25) is 4.79 Å².